The molecule has 2 aromatic rings. The van der Waals surface area contributed by atoms with Gasteiger partial charge in [-0.2, -0.15) is 0 Å². The lowest BCUT2D eigenvalue weighted by molar-refractivity contribution is -0.148. The number of rotatable bonds is 4. The number of carbonyl (C=O) groups is 2. The van der Waals surface area contributed by atoms with E-state index in [2.05, 4.69) is 4.99 Å². The third kappa shape index (κ3) is 4.03. The number of allylic oxidation sites excluding steroid dienone is 2. The van der Waals surface area contributed by atoms with E-state index in [-0.39, 0.29) is 18.4 Å². The molecule has 0 saturated carbocycles. The summed E-state index contributed by atoms with van der Waals surface area (Å²) >= 11 is 6.07. The summed E-state index contributed by atoms with van der Waals surface area (Å²) in [5.41, 5.74) is 3.96. The van der Waals surface area contributed by atoms with Gasteiger partial charge in [-0.3, -0.25) is 14.6 Å². The Hall–Kier alpha value is -2.72. The molecular formula is C24H22ClNO3. The van der Waals surface area contributed by atoms with Crippen LogP contribution >= 0.6 is 11.6 Å². The minimum Gasteiger partial charge on any atom is -0.460 e. The summed E-state index contributed by atoms with van der Waals surface area (Å²) in [7, 11) is 0. The average molecular weight is 408 g/mol. The molecule has 4 rings (SSSR count). The minimum atomic E-state index is -0.624. The summed E-state index contributed by atoms with van der Waals surface area (Å²) in [6, 6.07) is 16.9. The highest BCUT2D eigenvalue weighted by molar-refractivity contribution is 6.30. The fourth-order valence-electron chi connectivity index (χ4n) is 4.16. The van der Waals surface area contributed by atoms with E-state index in [4.69, 9.17) is 16.3 Å². The number of Topliss-reactive ketones (excluding diaryl/α,β-unsaturated/α-hetero) is 1. The number of carbonyl (C=O) groups excluding carboxylic acids is 2. The van der Waals surface area contributed by atoms with Crippen LogP contribution in [0.5, 0.6) is 0 Å². The highest BCUT2D eigenvalue weighted by atomic mass is 35.5. The maximum Gasteiger partial charge on any atom is 0.315 e. The van der Waals surface area contributed by atoms with Crippen LogP contribution in [0.4, 0.5) is 0 Å². The van der Waals surface area contributed by atoms with Crippen LogP contribution in [-0.2, 0) is 20.9 Å². The third-order valence-electron chi connectivity index (χ3n) is 5.54. The molecule has 2 atom stereocenters. The second-order valence-corrected chi connectivity index (χ2v) is 7.93. The van der Waals surface area contributed by atoms with E-state index in [1.165, 1.54) is 0 Å². The van der Waals surface area contributed by atoms with Gasteiger partial charge in [0.05, 0.1) is 0 Å². The Labute approximate surface area is 175 Å². The van der Waals surface area contributed by atoms with Gasteiger partial charge < -0.3 is 4.74 Å². The fourth-order valence-corrected chi connectivity index (χ4v) is 4.29. The Morgan fingerprint density at radius 2 is 1.83 bits per heavy atom. The molecule has 148 valence electrons. The molecule has 0 saturated heterocycles. The van der Waals surface area contributed by atoms with Crippen molar-refractivity contribution in [3.63, 3.8) is 0 Å². The maximum absolute atomic E-state index is 13.2. The van der Waals surface area contributed by atoms with E-state index in [1.54, 1.807) is 12.1 Å². The predicted octanol–water partition coefficient (Wildman–Crippen LogP) is 5.26. The monoisotopic (exact) mass is 407 g/mol. The summed E-state index contributed by atoms with van der Waals surface area (Å²) in [4.78, 5) is 30.6. The van der Waals surface area contributed by atoms with Gasteiger partial charge in [-0.05, 0) is 43.0 Å². The molecule has 2 aliphatic rings. The Morgan fingerprint density at radius 1 is 1.10 bits per heavy atom. The Kier molecular flexibility index (Phi) is 5.63. The molecule has 1 unspecified atom stereocenters. The van der Waals surface area contributed by atoms with Crippen molar-refractivity contribution in [3.8, 4) is 0 Å². The molecule has 0 N–H and O–H groups in total. The summed E-state index contributed by atoms with van der Waals surface area (Å²) in [5, 5.41) is 0.613. The van der Waals surface area contributed by atoms with Crippen molar-refractivity contribution in [3.05, 3.63) is 82.0 Å². The number of hydrogen-bond acceptors (Lipinski definition) is 4. The standard InChI is InChI=1S/C24H22ClNO3/c1-15-21(24(28)29-14-16-6-3-2-4-7-16)22(17-10-12-18(25)13-11-17)23-19(26-15)8-5-9-20(23)27/h2-4,6-7,10-13,21-22H,5,8-9,14H2,1H3/t21?,22-/m1/s1. The molecule has 0 amide bonds. The quantitative estimate of drug-likeness (QED) is 0.649. The van der Waals surface area contributed by atoms with Crippen LogP contribution in [-0.4, -0.2) is 17.5 Å². The smallest absolute Gasteiger partial charge is 0.315 e. The zero-order valence-electron chi connectivity index (χ0n) is 16.2. The van der Waals surface area contributed by atoms with Gasteiger partial charge in [0.2, 0.25) is 0 Å². The van der Waals surface area contributed by atoms with Crippen molar-refractivity contribution in [2.45, 2.75) is 38.7 Å². The SMILES string of the molecule is CC1=NC2=C(C(=O)CCC2)[C@H](c2ccc(Cl)cc2)C1C(=O)OCc1ccccc1. The van der Waals surface area contributed by atoms with Crippen molar-refractivity contribution in [1.82, 2.24) is 0 Å². The van der Waals surface area contributed by atoms with E-state index in [1.807, 2.05) is 49.4 Å². The molecule has 1 aliphatic carbocycles. The first-order valence-corrected chi connectivity index (χ1v) is 10.2. The van der Waals surface area contributed by atoms with Crippen LogP contribution in [0.3, 0.4) is 0 Å². The van der Waals surface area contributed by atoms with Crippen LogP contribution < -0.4 is 0 Å². The summed E-state index contributed by atoms with van der Waals surface area (Å²) in [6.07, 6.45) is 2.04. The van der Waals surface area contributed by atoms with Gasteiger partial charge in [0.25, 0.3) is 0 Å². The molecule has 0 fully saturated rings. The zero-order valence-corrected chi connectivity index (χ0v) is 17.0. The number of ketones is 1. The Morgan fingerprint density at radius 3 is 2.55 bits per heavy atom. The molecule has 1 heterocycles. The number of esters is 1. The zero-order chi connectivity index (χ0) is 20.4. The fraction of sp³-hybridized carbons (Fsp3) is 0.292. The van der Waals surface area contributed by atoms with Gasteiger partial charge >= 0.3 is 5.97 Å². The van der Waals surface area contributed by atoms with E-state index in [0.29, 0.717) is 22.7 Å². The van der Waals surface area contributed by atoms with Gasteiger partial charge in [-0.25, -0.2) is 0 Å². The highest BCUT2D eigenvalue weighted by Crippen LogP contribution is 2.43. The van der Waals surface area contributed by atoms with Gasteiger partial charge in [-0.1, -0.05) is 54.1 Å². The topological polar surface area (TPSA) is 55.7 Å². The maximum atomic E-state index is 13.2. The van der Waals surface area contributed by atoms with Gasteiger partial charge in [0, 0.05) is 34.3 Å². The first-order chi connectivity index (χ1) is 14.0. The number of nitrogens with zero attached hydrogens (tertiary/aromatic N) is 1. The lowest BCUT2D eigenvalue weighted by Gasteiger charge is -2.34. The van der Waals surface area contributed by atoms with Crippen molar-refractivity contribution in [2.24, 2.45) is 10.9 Å². The molecule has 0 bridgehead atoms. The summed E-state index contributed by atoms with van der Waals surface area (Å²) < 4.78 is 5.65. The average Bonchev–Trinajstić information content (AvgIpc) is 2.72. The number of benzene rings is 2. The molecule has 5 heteroatoms. The summed E-state index contributed by atoms with van der Waals surface area (Å²) in [6.45, 7) is 2.04. The summed E-state index contributed by atoms with van der Waals surface area (Å²) in [5.74, 6) is -1.31. The Balaban J connectivity index is 1.69. The van der Waals surface area contributed by atoms with Gasteiger partial charge in [-0.15, -0.1) is 0 Å². The number of aliphatic imine (C=N–C) groups is 1. The number of ether oxygens (including phenoxy) is 1. The molecule has 2 aromatic carbocycles. The highest BCUT2D eigenvalue weighted by Gasteiger charge is 2.43. The second-order valence-electron chi connectivity index (χ2n) is 7.49. The molecule has 0 aromatic heterocycles. The van der Waals surface area contributed by atoms with Crippen LogP contribution in [0.25, 0.3) is 0 Å². The molecule has 0 radical (unpaired) electrons. The minimum absolute atomic E-state index is 0.0725. The predicted molar refractivity (Wildman–Crippen MR) is 113 cm³/mol. The Bertz CT molecular complexity index is 993. The van der Waals surface area contributed by atoms with Crippen molar-refractivity contribution < 1.29 is 14.3 Å². The largest absolute Gasteiger partial charge is 0.460 e. The van der Waals surface area contributed by atoms with Crippen molar-refractivity contribution >= 4 is 29.1 Å². The number of halogens is 1. The normalized spacial score (nSPS) is 21.4. The van der Waals surface area contributed by atoms with Gasteiger partial charge in [0.1, 0.15) is 12.5 Å². The third-order valence-corrected chi connectivity index (χ3v) is 5.79. The van der Waals surface area contributed by atoms with E-state index >= 15 is 0 Å². The van der Waals surface area contributed by atoms with Crippen molar-refractivity contribution in [2.75, 3.05) is 0 Å². The second kappa shape index (κ2) is 8.34. The first kappa shape index (κ1) is 19.6. The molecule has 0 spiro atoms. The molecule has 4 nitrogen and oxygen atoms in total. The van der Waals surface area contributed by atoms with E-state index < -0.39 is 11.8 Å². The van der Waals surface area contributed by atoms with Crippen LogP contribution in [0, 0.1) is 5.92 Å². The van der Waals surface area contributed by atoms with Gasteiger partial charge in [0.15, 0.2) is 5.78 Å². The van der Waals surface area contributed by atoms with E-state index in [9.17, 15) is 9.59 Å². The van der Waals surface area contributed by atoms with E-state index in [0.717, 1.165) is 29.7 Å². The lowest BCUT2D eigenvalue weighted by atomic mass is 9.72. The molecule has 1 aliphatic heterocycles. The first-order valence-electron chi connectivity index (χ1n) is 9.82. The van der Waals surface area contributed by atoms with Crippen LogP contribution in [0.1, 0.15) is 43.2 Å². The molecule has 29 heavy (non-hydrogen) atoms. The van der Waals surface area contributed by atoms with Crippen molar-refractivity contribution in [1.29, 1.82) is 0 Å². The lowest BCUT2D eigenvalue weighted by Crippen LogP contribution is -2.37. The van der Waals surface area contributed by atoms with Crippen LogP contribution in [0.2, 0.25) is 5.02 Å². The number of hydrogen-bond donors (Lipinski definition) is 0. The van der Waals surface area contributed by atoms with Crippen LogP contribution in [0.15, 0.2) is 70.9 Å². The molecular weight excluding hydrogens is 386 g/mol.